The highest BCUT2D eigenvalue weighted by molar-refractivity contribution is 5.74. The van der Waals surface area contributed by atoms with E-state index in [1.807, 2.05) is 26.0 Å². The van der Waals surface area contributed by atoms with Crippen LogP contribution in [0.3, 0.4) is 0 Å². The number of hydrogen-bond acceptors (Lipinski definition) is 3. The van der Waals surface area contributed by atoms with Crippen molar-refractivity contribution in [3.05, 3.63) is 41.5 Å². The molecule has 1 aromatic rings. The van der Waals surface area contributed by atoms with E-state index in [0.29, 0.717) is 12.2 Å². The third-order valence-electron chi connectivity index (χ3n) is 2.97. The smallest absolute Gasteiger partial charge is 0.150 e. The predicted octanol–water partition coefficient (Wildman–Crippen LogP) is 4.03. The molecule has 0 aliphatic carbocycles. The molecule has 20 heavy (non-hydrogen) atoms. The number of rotatable bonds is 9. The fraction of sp³-hybridized carbons (Fsp3) is 0.471. The summed E-state index contributed by atoms with van der Waals surface area (Å²) in [6, 6.07) is 7.13. The summed E-state index contributed by atoms with van der Waals surface area (Å²) in [5, 5.41) is 0. The first kappa shape index (κ1) is 16.4. The van der Waals surface area contributed by atoms with Crippen LogP contribution in [0.4, 0.5) is 0 Å². The van der Waals surface area contributed by atoms with Crippen LogP contribution < -0.4 is 4.74 Å². The minimum absolute atomic E-state index is 0.278. The lowest BCUT2D eigenvalue weighted by molar-refractivity contribution is 0.0809. The van der Waals surface area contributed by atoms with E-state index in [-0.39, 0.29) is 6.10 Å². The molecule has 0 atom stereocenters. The molecule has 1 rings (SSSR count). The molecule has 3 heteroatoms. The van der Waals surface area contributed by atoms with Crippen molar-refractivity contribution >= 4 is 6.29 Å². The Hall–Kier alpha value is -1.61. The first-order valence-corrected chi connectivity index (χ1v) is 7.13. The van der Waals surface area contributed by atoms with Crippen LogP contribution in [-0.4, -0.2) is 25.6 Å². The zero-order valence-electron chi connectivity index (χ0n) is 12.6. The van der Waals surface area contributed by atoms with Crippen LogP contribution in [0.15, 0.2) is 35.9 Å². The summed E-state index contributed by atoms with van der Waals surface area (Å²) in [4.78, 5) is 10.5. The Labute approximate surface area is 121 Å². The topological polar surface area (TPSA) is 35.5 Å². The van der Waals surface area contributed by atoms with Crippen molar-refractivity contribution in [2.24, 2.45) is 0 Å². The SMILES string of the molecule is CCC(=CCOc1ccc(C=O)cc1)CCOC(C)C. The molecule has 110 valence electrons. The Bertz CT molecular complexity index is 418. The quantitative estimate of drug-likeness (QED) is 0.504. The average molecular weight is 276 g/mol. The van der Waals surface area contributed by atoms with Gasteiger partial charge in [0, 0.05) is 5.56 Å². The molecule has 0 aromatic heterocycles. The summed E-state index contributed by atoms with van der Waals surface area (Å²) in [5.74, 6) is 0.778. The van der Waals surface area contributed by atoms with Gasteiger partial charge in [-0.05, 0) is 57.0 Å². The lowest BCUT2D eigenvalue weighted by Crippen LogP contribution is -2.05. The van der Waals surface area contributed by atoms with Crippen LogP contribution >= 0.6 is 0 Å². The van der Waals surface area contributed by atoms with E-state index < -0.39 is 0 Å². The third-order valence-corrected chi connectivity index (χ3v) is 2.97. The molecular formula is C17H24O3. The fourth-order valence-corrected chi connectivity index (χ4v) is 1.75. The Kier molecular flexibility index (Phi) is 7.66. The van der Waals surface area contributed by atoms with Crippen molar-refractivity contribution in [2.75, 3.05) is 13.2 Å². The summed E-state index contributed by atoms with van der Waals surface area (Å²) >= 11 is 0. The number of benzene rings is 1. The second kappa shape index (κ2) is 9.32. The van der Waals surface area contributed by atoms with Gasteiger partial charge in [0.1, 0.15) is 18.6 Å². The Morgan fingerprint density at radius 2 is 1.95 bits per heavy atom. The molecule has 0 bridgehead atoms. The molecule has 0 radical (unpaired) electrons. The summed E-state index contributed by atoms with van der Waals surface area (Å²) < 4.78 is 11.2. The van der Waals surface area contributed by atoms with Crippen LogP contribution in [0.1, 0.15) is 44.0 Å². The second-order valence-corrected chi connectivity index (χ2v) is 4.88. The van der Waals surface area contributed by atoms with Crippen molar-refractivity contribution < 1.29 is 14.3 Å². The monoisotopic (exact) mass is 276 g/mol. The van der Waals surface area contributed by atoms with E-state index in [4.69, 9.17) is 9.47 Å². The molecule has 0 spiro atoms. The van der Waals surface area contributed by atoms with Crippen LogP contribution in [0.5, 0.6) is 5.75 Å². The minimum atomic E-state index is 0.278. The maximum Gasteiger partial charge on any atom is 0.150 e. The molecule has 0 unspecified atom stereocenters. The van der Waals surface area contributed by atoms with Crippen molar-refractivity contribution in [3.63, 3.8) is 0 Å². The largest absolute Gasteiger partial charge is 0.490 e. The molecule has 1 aromatic carbocycles. The van der Waals surface area contributed by atoms with Gasteiger partial charge in [-0.25, -0.2) is 0 Å². The normalized spacial score (nSPS) is 11.7. The fourth-order valence-electron chi connectivity index (χ4n) is 1.75. The summed E-state index contributed by atoms with van der Waals surface area (Å²) in [7, 11) is 0. The van der Waals surface area contributed by atoms with Crippen molar-refractivity contribution in [3.8, 4) is 5.75 Å². The van der Waals surface area contributed by atoms with Gasteiger partial charge in [-0.2, -0.15) is 0 Å². The van der Waals surface area contributed by atoms with Gasteiger partial charge in [0.25, 0.3) is 0 Å². The van der Waals surface area contributed by atoms with Crippen LogP contribution in [0.25, 0.3) is 0 Å². The van der Waals surface area contributed by atoms with Gasteiger partial charge >= 0.3 is 0 Å². The molecule has 3 nitrogen and oxygen atoms in total. The summed E-state index contributed by atoms with van der Waals surface area (Å²) in [5.41, 5.74) is 2.00. The van der Waals surface area contributed by atoms with Crippen molar-refractivity contribution in [1.82, 2.24) is 0 Å². The number of hydrogen-bond donors (Lipinski definition) is 0. The Morgan fingerprint density at radius 3 is 2.50 bits per heavy atom. The lowest BCUT2D eigenvalue weighted by atomic mass is 10.1. The highest BCUT2D eigenvalue weighted by atomic mass is 16.5. The van der Waals surface area contributed by atoms with E-state index in [1.165, 1.54) is 5.57 Å². The van der Waals surface area contributed by atoms with E-state index in [0.717, 1.165) is 31.5 Å². The van der Waals surface area contributed by atoms with Gasteiger partial charge < -0.3 is 9.47 Å². The second-order valence-electron chi connectivity index (χ2n) is 4.88. The number of carbonyl (C=O) groups excluding carboxylic acids is 1. The average Bonchev–Trinajstić information content (AvgIpc) is 2.46. The van der Waals surface area contributed by atoms with Crippen LogP contribution in [-0.2, 0) is 4.74 Å². The lowest BCUT2D eigenvalue weighted by Gasteiger charge is -2.09. The molecule has 0 saturated heterocycles. The summed E-state index contributed by atoms with van der Waals surface area (Å²) in [6.45, 7) is 7.53. The van der Waals surface area contributed by atoms with Crippen molar-refractivity contribution in [1.29, 1.82) is 0 Å². The van der Waals surface area contributed by atoms with Crippen molar-refractivity contribution in [2.45, 2.75) is 39.7 Å². The first-order valence-electron chi connectivity index (χ1n) is 7.13. The minimum Gasteiger partial charge on any atom is -0.490 e. The molecule has 0 fully saturated rings. The highest BCUT2D eigenvalue weighted by Gasteiger charge is 1.98. The van der Waals surface area contributed by atoms with Gasteiger partial charge in [0.05, 0.1) is 12.7 Å². The third kappa shape index (κ3) is 6.53. The van der Waals surface area contributed by atoms with E-state index in [9.17, 15) is 4.79 Å². The van der Waals surface area contributed by atoms with Gasteiger partial charge in [-0.3, -0.25) is 4.79 Å². The highest BCUT2D eigenvalue weighted by Crippen LogP contribution is 2.12. The predicted molar refractivity (Wildman–Crippen MR) is 81.4 cm³/mol. The maximum atomic E-state index is 10.5. The zero-order chi connectivity index (χ0) is 14.8. The van der Waals surface area contributed by atoms with E-state index >= 15 is 0 Å². The van der Waals surface area contributed by atoms with Gasteiger partial charge in [0.15, 0.2) is 0 Å². The van der Waals surface area contributed by atoms with Gasteiger partial charge in [-0.1, -0.05) is 12.5 Å². The van der Waals surface area contributed by atoms with Crippen LogP contribution in [0.2, 0.25) is 0 Å². The molecule has 0 heterocycles. The first-order chi connectivity index (χ1) is 9.65. The number of aldehydes is 1. The van der Waals surface area contributed by atoms with E-state index in [2.05, 4.69) is 13.0 Å². The van der Waals surface area contributed by atoms with Crippen LogP contribution in [0, 0.1) is 0 Å². The number of ether oxygens (including phenoxy) is 2. The molecule has 0 aliphatic rings. The van der Waals surface area contributed by atoms with Gasteiger partial charge in [0.2, 0.25) is 0 Å². The molecule has 0 aliphatic heterocycles. The molecule has 0 amide bonds. The molecule has 0 saturated carbocycles. The Balaban J connectivity index is 2.37. The van der Waals surface area contributed by atoms with Gasteiger partial charge in [-0.15, -0.1) is 0 Å². The Morgan fingerprint density at radius 1 is 1.25 bits per heavy atom. The number of carbonyl (C=O) groups is 1. The maximum absolute atomic E-state index is 10.5. The molecular weight excluding hydrogens is 252 g/mol. The zero-order valence-corrected chi connectivity index (χ0v) is 12.6. The molecule has 0 N–H and O–H groups in total. The standard InChI is InChI=1S/C17H24O3/c1-4-15(9-11-19-14(2)3)10-12-20-17-7-5-16(13-18)6-8-17/h5-8,10,13-14H,4,9,11-12H2,1-3H3. The summed E-state index contributed by atoms with van der Waals surface area (Å²) in [6.07, 6.45) is 5.17. The van der Waals surface area contributed by atoms with E-state index in [1.54, 1.807) is 12.1 Å².